The van der Waals surface area contributed by atoms with E-state index in [1.165, 1.54) is 37.9 Å². The van der Waals surface area contributed by atoms with Crippen molar-refractivity contribution in [3.05, 3.63) is 23.9 Å². The zero-order valence-corrected chi connectivity index (χ0v) is 13.5. The van der Waals surface area contributed by atoms with Crippen LogP contribution in [0.15, 0.2) is 18.3 Å². The highest BCUT2D eigenvalue weighted by molar-refractivity contribution is 5.38. The minimum Gasteiger partial charge on any atom is -0.360 e. The first kappa shape index (κ1) is 15.3. The Morgan fingerprint density at radius 3 is 2.75 bits per heavy atom. The molecule has 20 heavy (non-hydrogen) atoms. The van der Waals surface area contributed by atoms with Gasteiger partial charge in [-0.25, -0.2) is 4.98 Å². The lowest BCUT2D eigenvalue weighted by Gasteiger charge is -2.37. The number of aromatic nitrogens is 1. The normalized spacial score (nSPS) is 20.4. The van der Waals surface area contributed by atoms with Crippen LogP contribution in [0.5, 0.6) is 0 Å². The van der Waals surface area contributed by atoms with Gasteiger partial charge in [-0.3, -0.25) is 4.90 Å². The van der Waals surface area contributed by atoms with Crippen LogP contribution >= 0.6 is 0 Å². The monoisotopic (exact) mass is 275 g/mol. The molecule has 0 radical (unpaired) electrons. The molecule has 1 aromatic heterocycles. The number of rotatable bonds is 5. The van der Waals surface area contributed by atoms with Gasteiger partial charge in [0.1, 0.15) is 5.82 Å². The number of hydrogen-bond donors (Lipinski definition) is 0. The molecule has 1 saturated heterocycles. The first-order valence-electron chi connectivity index (χ1n) is 8.03. The molecule has 3 nitrogen and oxygen atoms in total. The number of pyridine rings is 1. The molecule has 0 N–H and O–H groups in total. The predicted molar refractivity (Wildman–Crippen MR) is 86.2 cm³/mol. The topological polar surface area (TPSA) is 19.4 Å². The molecule has 0 saturated carbocycles. The van der Waals surface area contributed by atoms with Crippen molar-refractivity contribution in [1.29, 1.82) is 0 Å². The van der Waals surface area contributed by atoms with E-state index in [2.05, 4.69) is 60.9 Å². The van der Waals surface area contributed by atoms with Crippen molar-refractivity contribution in [2.45, 2.75) is 46.1 Å². The van der Waals surface area contributed by atoms with Crippen molar-refractivity contribution in [3.63, 3.8) is 0 Å². The highest BCUT2D eigenvalue weighted by Crippen LogP contribution is 2.31. The molecule has 1 fully saturated rings. The van der Waals surface area contributed by atoms with E-state index in [0.717, 1.165) is 18.3 Å². The Labute approximate surface area is 124 Å². The number of anilines is 1. The quantitative estimate of drug-likeness (QED) is 0.816. The molecule has 2 heterocycles. The SMILES string of the molecule is CCN(C)c1ccc([C@@H]2CCCCN2CC(C)C)cn1. The first-order valence-corrected chi connectivity index (χ1v) is 8.03. The summed E-state index contributed by atoms with van der Waals surface area (Å²) in [5.41, 5.74) is 1.39. The lowest BCUT2D eigenvalue weighted by Crippen LogP contribution is -2.36. The van der Waals surface area contributed by atoms with E-state index in [9.17, 15) is 0 Å². The van der Waals surface area contributed by atoms with Gasteiger partial charge in [0, 0.05) is 32.4 Å². The second-order valence-electron chi connectivity index (χ2n) is 6.36. The van der Waals surface area contributed by atoms with Crippen LogP contribution in [0.4, 0.5) is 5.82 Å². The Bertz CT molecular complexity index is 399. The predicted octanol–water partition coefficient (Wildman–Crippen LogP) is 3.72. The fraction of sp³-hybridized carbons (Fsp3) is 0.706. The molecule has 0 unspecified atom stereocenters. The average Bonchev–Trinajstić information content (AvgIpc) is 2.46. The van der Waals surface area contributed by atoms with E-state index < -0.39 is 0 Å². The molecule has 112 valence electrons. The van der Waals surface area contributed by atoms with Crippen molar-refractivity contribution in [1.82, 2.24) is 9.88 Å². The van der Waals surface area contributed by atoms with Crippen LogP contribution in [-0.2, 0) is 0 Å². The molecule has 1 aliphatic heterocycles. The van der Waals surface area contributed by atoms with Gasteiger partial charge in [0.2, 0.25) is 0 Å². The number of piperidine rings is 1. The molecular weight excluding hydrogens is 246 g/mol. The van der Waals surface area contributed by atoms with Gasteiger partial charge in [-0.2, -0.15) is 0 Å². The molecule has 0 amide bonds. The van der Waals surface area contributed by atoms with Crippen LogP contribution in [0.1, 0.15) is 51.6 Å². The van der Waals surface area contributed by atoms with Crippen LogP contribution in [0.2, 0.25) is 0 Å². The Morgan fingerprint density at radius 1 is 1.35 bits per heavy atom. The number of likely N-dealkylation sites (tertiary alicyclic amines) is 1. The van der Waals surface area contributed by atoms with E-state index in [1.54, 1.807) is 0 Å². The van der Waals surface area contributed by atoms with E-state index in [4.69, 9.17) is 0 Å². The Balaban J connectivity index is 2.11. The third kappa shape index (κ3) is 3.72. The van der Waals surface area contributed by atoms with Crippen molar-refractivity contribution < 1.29 is 0 Å². The maximum atomic E-state index is 4.64. The fourth-order valence-corrected chi connectivity index (χ4v) is 3.04. The molecule has 1 atom stereocenters. The van der Waals surface area contributed by atoms with Gasteiger partial charge < -0.3 is 4.90 Å². The smallest absolute Gasteiger partial charge is 0.128 e. The van der Waals surface area contributed by atoms with E-state index in [0.29, 0.717) is 6.04 Å². The highest BCUT2D eigenvalue weighted by Gasteiger charge is 2.24. The molecule has 0 bridgehead atoms. The van der Waals surface area contributed by atoms with Crippen LogP contribution in [-0.4, -0.2) is 36.6 Å². The van der Waals surface area contributed by atoms with Gasteiger partial charge in [-0.1, -0.05) is 26.3 Å². The Kier molecular flexibility index (Phi) is 5.41. The molecule has 0 aromatic carbocycles. The Morgan fingerprint density at radius 2 is 2.15 bits per heavy atom. The van der Waals surface area contributed by atoms with Gasteiger partial charge in [0.05, 0.1) is 0 Å². The third-order valence-electron chi connectivity index (χ3n) is 4.23. The maximum absolute atomic E-state index is 4.64. The van der Waals surface area contributed by atoms with Crippen LogP contribution < -0.4 is 4.90 Å². The number of nitrogens with zero attached hydrogens (tertiary/aromatic N) is 3. The first-order chi connectivity index (χ1) is 9.61. The van der Waals surface area contributed by atoms with Crippen molar-refractivity contribution in [2.75, 3.05) is 31.6 Å². The van der Waals surface area contributed by atoms with Crippen molar-refractivity contribution >= 4 is 5.82 Å². The summed E-state index contributed by atoms with van der Waals surface area (Å²) in [4.78, 5) is 9.46. The van der Waals surface area contributed by atoms with Gasteiger partial charge in [0.15, 0.2) is 0 Å². The summed E-state index contributed by atoms with van der Waals surface area (Å²) in [6.07, 6.45) is 6.05. The lowest BCUT2D eigenvalue weighted by atomic mass is 9.95. The van der Waals surface area contributed by atoms with Crippen molar-refractivity contribution in [2.24, 2.45) is 5.92 Å². The zero-order chi connectivity index (χ0) is 14.5. The van der Waals surface area contributed by atoms with Gasteiger partial charge >= 0.3 is 0 Å². The van der Waals surface area contributed by atoms with Gasteiger partial charge in [-0.15, -0.1) is 0 Å². The largest absolute Gasteiger partial charge is 0.360 e. The summed E-state index contributed by atoms with van der Waals surface area (Å²) >= 11 is 0. The minimum atomic E-state index is 0.569. The Hall–Kier alpha value is -1.09. The second kappa shape index (κ2) is 7.07. The highest BCUT2D eigenvalue weighted by atomic mass is 15.2. The molecule has 3 heteroatoms. The van der Waals surface area contributed by atoms with Gasteiger partial charge in [0.25, 0.3) is 0 Å². The van der Waals surface area contributed by atoms with Crippen LogP contribution in [0.3, 0.4) is 0 Å². The minimum absolute atomic E-state index is 0.569. The molecule has 2 rings (SSSR count). The fourth-order valence-electron chi connectivity index (χ4n) is 3.04. The van der Waals surface area contributed by atoms with Gasteiger partial charge in [-0.05, 0) is 43.9 Å². The summed E-state index contributed by atoms with van der Waals surface area (Å²) in [5.74, 6) is 1.80. The average molecular weight is 275 g/mol. The number of hydrogen-bond acceptors (Lipinski definition) is 3. The summed E-state index contributed by atoms with van der Waals surface area (Å²) in [6.45, 7) is 10.2. The molecule has 1 aliphatic rings. The van der Waals surface area contributed by atoms with Crippen LogP contribution in [0.25, 0.3) is 0 Å². The summed E-state index contributed by atoms with van der Waals surface area (Å²) < 4.78 is 0. The summed E-state index contributed by atoms with van der Waals surface area (Å²) in [7, 11) is 2.09. The maximum Gasteiger partial charge on any atom is 0.128 e. The second-order valence-corrected chi connectivity index (χ2v) is 6.36. The lowest BCUT2D eigenvalue weighted by molar-refractivity contribution is 0.132. The van der Waals surface area contributed by atoms with E-state index in [-0.39, 0.29) is 0 Å². The van der Waals surface area contributed by atoms with E-state index in [1.807, 2.05) is 0 Å². The standard InChI is InChI=1S/C17H29N3/c1-5-19(4)17-10-9-15(12-18-17)16-8-6-7-11-20(16)13-14(2)3/h9-10,12,14,16H,5-8,11,13H2,1-4H3/t16-/m0/s1. The summed E-state index contributed by atoms with van der Waals surface area (Å²) in [5, 5.41) is 0. The molecular formula is C17H29N3. The summed E-state index contributed by atoms with van der Waals surface area (Å²) in [6, 6.07) is 5.01. The van der Waals surface area contributed by atoms with Crippen molar-refractivity contribution in [3.8, 4) is 0 Å². The third-order valence-corrected chi connectivity index (χ3v) is 4.23. The van der Waals surface area contributed by atoms with E-state index >= 15 is 0 Å². The molecule has 0 spiro atoms. The molecule has 1 aromatic rings. The molecule has 0 aliphatic carbocycles. The zero-order valence-electron chi connectivity index (χ0n) is 13.5. The van der Waals surface area contributed by atoms with Crippen LogP contribution in [0, 0.1) is 5.92 Å².